The summed E-state index contributed by atoms with van der Waals surface area (Å²) in [5.74, 6) is -0.394. The van der Waals surface area contributed by atoms with Crippen LogP contribution in [0.5, 0.6) is 5.75 Å². The molecule has 1 aromatic heterocycles. The van der Waals surface area contributed by atoms with E-state index >= 15 is 0 Å². The number of ketones is 1. The average molecular weight is 413 g/mol. The lowest BCUT2D eigenvalue weighted by Gasteiger charge is -2.26. The van der Waals surface area contributed by atoms with Gasteiger partial charge in [0.1, 0.15) is 11.5 Å². The summed E-state index contributed by atoms with van der Waals surface area (Å²) in [6.07, 6.45) is 1.94. The Morgan fingerprint density at radius 2 is 2.03 bits per heavy atom. The normalized spacial score (nSPS) is 16.4. The van der Waals surface area contributed by atoms with Gasteiger partial charge in [-0.3, -0.25) is 9.59 Å². The van der Waals surface area contributed by atoms with Crippen molar-refractivity contribution >= 4 is 11.7 Å². The number of methoxy groups -OCH3 is 1. The maximum Gasteiger partial charge on any atom is 0.290 e. The van der Waals surface area contributed by atoms with Gasteiger partial charge in [0.15, 0.2) is 11.5 Å². The molecule has 0 radical (unpaired) electrons. The van der Waals surface area contributed by atoms with Gasteiger partial charge in [0.25, 0.3) is 5.91 Å². The summed E-state index contributed by atoms with van der Waals surface area (Å²) >= 11 is 0. The van der Waals surface area contributed by atoms with Gasteiger partial charge >= 0.3 is 0 Å². The third-order valence-electron chi connectivity index (χ3n) is 4.99. The number of amides is 1. The molecule has 0 fully saturated rings. The van der Waals surface area contributed by atoms with Crippen molar-refractivity contribution in [2.45, 2.75) is 32.7 Å². The van der Waals surface area contributed by atoms with E-state index < -0.39 is 23.5 Å². The summed E-state index contributed by atoms with van der Waals surface area (Å²) in [5, 5.41) is 10.6. The molecule has 7 nitrogen and oxygen atoms in total. The second kappa shape index (κ2) is 9.63. The van der Waals surface area contributed by atoms with Crippen LogP contribution in [0, 0.1) is 6.92 Å². The Bertz CT molecular complexity index is 945. The Kier molecular flexibility index (Phi) is 6.95. The number of furan rings is 1. The number of ether oxygens (including phenoxy) is 2. The highest BCUT2D eigenvalue weighted by Crippen LogP contribution is 2.39. The van der Waals surface area contributed by atoms with Gasteiger partial charge in [-0.25, -0.2) is 0 Å². The number of carbonyl (C=O) groups excluding carboxylic acids is 2. The van der Waals surface area contributed by atoms with Crippen LogP contribution >= 0.6 is 0 Å². The lowest BCUT2D eigenvalue weighted by molar-refractivity contribution is -0.130. The summed E-state index contributed by atoms with van der Waals surface area (Å²) in [4.78, 5) is 27.4. The number of aryl methyl sites for hydroxylation is 1. The number of rotatable bonds is 10. The lowest BCUT2D eigenvalue weighted by Crippen LogP contribution is -2.34. The molecule has 0 aliphatic carbocycles. The molecule has 1 aliphatic rings. The topological polar surface area (TPSA) is 89.2 Å². The molecule has 1 N–H and O–H groups in total. The molecule has 0 saturated heterocycles. The number of unbranched alkanes of at least 4 members (excludes halogenated alkanes) is 1. The number of aliphatic hydroxyl groups is 1. The van der Waals surface area contributed by atoms with Crippen molar-refractivity contribution in [2.75, 3.05) is 26.9 Å². The summed E-state index contributed by atoms with van der Waals surface area (Å²) < 4.78 is 16.4. The van der Waals surface area contributed by atoms with E-state index in [-0.39, 0.29) is 24.5 Å². The maximum absolute atomic E-state index is 13.2. The second-order valence-electron chi connectivity index (χ2n) is 7.17. The van der Waals surface area contributed by atoms with Crippen LogP contribution < -0.4 is 4.74 Å². The minimum atomic E-state index is -0.764. The van der Waals surface area contributed by atoms with Crippen LogP contribution in [0.3, 0.4) is 0 Å². The second-order valence-corrected chi connectivity index (χ2v) is 7.17. The molecule has 1 aromatic carbocycles. The SMILES string of the molecule is CCCCOc1cccc(C2C(C(=O)c3ccc(C)o3)=C(O)C(=O)N2CCOC)c1. The smallest absolute Gasteiger partial charge is 0.290 e. The van der Waals surface area contributed by atoms with E-state index in [1.165, 1.54) is 12.0 Å². The van der Waals surface area contributed by atoms with Crippen LogP contribution in [0.1, 0.15) is 47.7 Å². The molecule has 2 aromatic rings. The average Bonchev–Trinajstić information content (AvgIpc) is 3.28. The van der Waals surface area contributed by atoms with Crippen molar-refractivity contribution in [2.24, 2.45) is 0 Å². The number of benzene rings is 1. The van der Waals surface area contributed by atoms with Crippen molar-refractivity contribution in [3.63, 3.8) is 0 Å². The van der Waals surface area contributed by atoms with Crippen LogP contribution in [0.25, 0.3) is 0 Å². The molecule has 1 aliphatic heterocycles. The van der Waals surface area contributed by atoms with E-state index in [1.54, 1.807) is 25.1 Å². The molecule has 2 heterocycles. The first-order valence-electron chi connectivity index (χ1n) is 10.0. The van der Waals surface area contributed by atoms with Gasteiger partial charge in [0.05, 0.1) is 24.8 Å². The summed E-state index contributed by atoms with van der Waals surface area (Å²) in [6.45, 7) is 4.88. The van der Waals surface area contributed by atoms with Gasteiger partial charge in [-0.2, -0.15) is 0 Å². The number of Topliss-reactive ketones (excluding diaryl/α,β-unsaturated/α-hetero) is 1. The van der Waals surface area contributed by atoms with E-state index in [0.717, 1.165) is 12.8 Å². The van der Waals surface area contributed by atoms with Gasteiger partial charge in [-0.05, 0) is 43.2 Å². The number of hydrogen-bond acceptors (Lipinski definition) is 6. The zero-order valence-corrected chi connectivity index (χ0v) is 17.5. The van der Waals surface area contributed by atoms with Crippen LogP contribution in [0.15, 0.2) is 52.1 Å². The van der Waals surface area contributed by atoms with Crippen LogP contribution in [-0.2, 0) is 9.53 Å². The molecule has 0 spiro atoms. The van der Waals surface area contributed by atoms with Gasteiger partial charge in [0.2, 0.25) is 5.78 Å². The van der Waals surface area contributed by atoms with Crippen molar-refractivity contribution in [1.82, 2.24) is 4.90 Å². The first-order chi connectivity index (χ1) is 14.5. The molecule has 1 unspecified atom stereocenters. The van der Waals surface area contributed by atoms with Crippen molar-refractivity contribution in [1.29, 1.82) is 0 Å². The molecular formula is C23H27NO6. The van der Waals surface area contributed by atoms with Crippen LogP contribution in [0.2, 0.25) is 0 Å². The molecule has 7 heteroatoms. The molecule has 1 atom stereocenters. The highest BCUT2D eigenvalue weighted by atomic mass is 16.5. The van der Waals surface area contributed by atoms with Gasteiger partial charge in [0, 0.05) is 13.7 Å². The molecule has 3 rings (SSSR count). The first-order valence-corrected chi connectivity index (χ1v) is 10.0. The van der Waals surface area contributed by atoms with Crippen LogP contribution in [0.4, 0.5) is 0 Å². The molecule has 160 valence electrons. The Morgan fingerprint density at radius 1 is 1.23 bits per heavy atom. The van der Waals surface area contributed by atoms with Crippen molar-refractivity contribution in [3.05, 3.63) is 64.8 Å². The van der Waals surface area contributed by atoms with Crippen LogP contribution in [-0.4, -0.2) is 48.6 Å². The van der Waals surface area contributed by atoms with E-state index in [0.29, 0.717) is 23.7 Å². The number of hydrogen-bond donors (Lipinski definition) is 1. The predicted octanol–water partition coefficient (Wildman–Crippen LogP) is 3.99. The van der Waals surface area contributed by atoms with Crippen molar-refractivity contribution < 1.29 is 28.6 Å². The minimum Gasteiger partial charge on any atom is -0.503 e. The molecular weight excluding hydrogens is 386 g/mol. The van der Waals surface area contributed by atoms with E-state index in [9.17, 15) is 14.7 Å². The third kappa shape index (κ3) is 4.41. The fraction of sp³-hybridized carbons (Fsp3) is 0.391. The zero-order valence-electron chi connectivity index (χ0n) is 17.5. The van der Waals surface area contributed by atoms with Gasteiger partial charge < -0.3 is 23.9 Å². The molecule has 0 saturated carbocycles. The summed E-state index contributed by atoms with van der Waals surface area (Å²) in [6, 6.07) is 9.69. The largest absolute Gasteiger partial charge is 0.503 e. The van der Waals surface area contributed by atoms with E-state index in [1.807, 2.05) is 18.2 Å². The lowest BCUT2D eigenvalue weighted by atomic mass is 9.95. The zero-order chi connectivity index (χ0) is 21.7. The fourth-order valence-corrected chi connectivity index (χ4v) is 3.45. The molecule has 0 bridgehead atoms. The van der Waals surface area contributed by atoms with E-state index in [2.05, 4.69) is 6.92 Å². The van der Waals surface area contributed by atoms with Crippen molar-refractivity contribution in [3.8, 4) is 5.75 Å². The highest BCUT2D eigenvalue weighted by Gasteiger charge is 2.44. The number of carbonyl (C=O) groups is 2. The minimum absolute atomic E-state index is 0.00355. The fourth-order valence-electron chi connectivity index (χ4n) is 3.45. The Hall–Kier alpha value is -3.06. The maximum atomic E-state index is 13.2. The number of nitrogens with zero attached hydrogens (tertiary/aromatic N) is 1. The van der Waals surface area contributed by atoms with Gasteiger partial charge in [-0.15, -0.1) is 0 Å². The molecule has 30 heavy (non-hydrogen) atoms. The predicted molar refractivity (Wildman–Crippen MR) is 111 cm³/mol. The molecule has 1 amide bonds. The summed E-state index contributed by atoms with van der Waals surface area (Å²) in [7, 11) is 1.53. The summed E-state index contributed by atoms with van der Waals surface area (Å²) in [5.41, 5.74) is 0.667. The van der Waals surface area contributed by atoms with E-state index in [4.69, 9.17) is 13.9 Å². The van der Waals surface area contributed by atoms with Gasteiger partial charge in [-0.1, -0.05) is 25.5 Å². The first kappa shape index (κ1) is 21.6. The Labute approximate surface area is 175 Å². The Balaban J connectivity index is 2.00. The number of aliphatic hydroxyl groups excluding tert-OH is 1. The Morgan fingerprint density at radius 3 is 2.70 bits per heavy atom. The quantitative estimate of drug-likeness (QED) is 0.468. The third-order valence-corrected chi connectivity index (χ3v) is 4.99. The monoisotopic (exact) mass is 413 g/mol. The highest BCUT2D eigenvalue weighted by molar-refractivity contribution is 6.15. The standard InChI is InChI=1S/C23H27NO6/c1-4-5-12-29-17-8-6-7-16(14-17)20-19(21(25)18-10-9-15(2)30-18)22(26)23(27)24(20)11-13-28-3/h6-10,14,20,26H,4-5,11-13H2,1-3H3.